The molecule has 0 saturated carbocycles. The summed E-state index contributed by atoms with van der Waals surface area (Å²) < 4.78 is 35.0. The Balaban J connectivity index is 3.95. The first kappa shape index (κ1) is 12.8. The third-order valence-electron chi connectivity index (χ3n) is 1.54. The molecule has 0 heterocycles. The van der Waals surface area contributed by atoms with E-state index in [1.807, 2.05) is 5.32 Å². The molecule has 1 amide bonds. The Bertz CT molecular complexity index is 252. The number of carbonyl (C=O) groups is 1. The van der Waals surface area contributed by atoms with Crippen molar-refractivity contribution in [3.8, 4) is 6.07 Å². The molecule has 0 spiro atoms. The molecule has 0 rings (SSSR count). The topological polar surface area (TPSA) is 52.9 Å². The monoisotopic (exact) mass is 208 g/mol. The standard InChI is InChI=1S/C8H11F3N2O/c1-7(2,5-12)6(14)13-4-3-8(9,10)11/h3-4H2,1-2H3,(H,13,14). The van der Waals surface area contributed by atoms with Crippen molar-refractivity contribution >= 4 is 5.91 Å². The van der Waals surface area contributed by atoms with Crippen molar-refractivity contribution in [1.82, 2.24) is 5.32 Å². The Morgan fingerprint density at radius 2 is 1.93 bits per heavy atom. The van der Waals surface area contributed by atoms with E-state index in [0.717, 1.165) is 0 Å². The highest BCUT2D eigenvalue weighted by molar-refractivity contribution is 5.84. The van der Waals surface area contributed by atoms with Gasteiger partial charge in [-0.15, -0.1) is 0 Å². The summed E-state index contributed by atoms with van der Waals surface area (Å²) in [7, 11) is 0. The first-order valence-electron chi connectivity index (χ1n) is 3.95. The van der Waals surface area contributed by atoms with Gasteiger partial charge in [0.1, 0.15) is 5.41 Å². The van der Waals surface area contributed by atoms with Crippen LogP contribution in [0.1, 0.15) is 20.3 Å². The van der Waals surface area contributed by atoms with Crippen LogP contribution in [0.4, 0.5) is 13.2 Å². The molecule has 0 aromatic carbocycles. The highest BCUT2D eigenvalue weighted by Crippen LogP contribution is 2.19. The average Bonchev–Trinajstić information content (AvgIpc) is 2.02. The Kier molecular flexibility index (Phi) is 3.93. The maximum Gasteiger partial charge on any atom is 0.390 e. The molecule has 0 aromatic rings. The molecule has 14 heavy (non-hydrogen) atoms. The summed E-state index contributed by atoms with van der Waals surface area (Å²) in [6.45, 7) is 2.19. The Morgan fingerprint density at radius 3 is 2.29 bits per heavy atom. The number of halogens is 3. The van der Waals surface area contributed by atoms with Crippen LogP contribution in [-0.4, -0.2) is 18.6 Å². The van der Waals surface area contributed by atoms with Gasteiger partial charge in [0.15, 0.2) is 0 Å². The van der Waals surface area contributed by atoms with Crippen molar-refractivity contribution in [2.75, 3.05) is 6.54 Å². The minimum Gasteiger partial charge on any atom is -0.354 e. The van der Waals surface area contributed by atoms with Crippen molar-refractivity contribution < 1.29 is 18.0 Å². The van der Waals surface area contributed by atoms with E-state index in [4.69, 9.17) is 5.26 Å². The van der Waals surface area contributed by atoms with Gasteiger partial charge in [-0.05, 0) is 13.8 Å². The van der Waals surface area contributed by atoms with Crippen molar-refractivity contribution in [2.45, 2.75) is 26.4 Å². The fraction of sp³-hybridized carbons (Fsp3) is 0.750. The number of hydrogen-bond donors (Lipinski definition) is 1. The van der Waals surface area contributed by atoms with Gasteiger partial charge in [-0.3, -0.25) is 4.79 Å². The number of nitriles is 1. The van der Waals surface area contributed by atoms with Crippen LogP contribution >= 0.6 is 0 Å². The molecule has 80 valence electrons. The fourth-order valence-corrected chi connectivity index (χ4v) is 0.590. The highest BCUT2D eigenvalue weighted by Gasteiger charge is 2.30. The lowest BCUT2D eigenvalue weighted by Gasteiger charge is -2.15. The molecule has 1 N–H and O–H groups in total. The van der Waals surface area contributed by atoms with E-state index in [-0.39, 0.29) is 0 Å². The van der Waals surface area contributed by atoms with Gasteiger partial charge >= 0.3 is 6.18 Å². The number of nitrogens with zero attached hydrogens (tertiary/aromatic N) is 1. The van der Waals surface area contributed by atoms with Crippen molar-refractivity contribution in [2.24, 2.45) is 5.41 Å². The first-order valence-corrected chi connectivity index (χ1v) is 3.95. The summed E-state index contributed by atoms with van der Waals surface area (Å²) >= 11 is 0. The molecule has 0 aromatic heterocycles. The van der Waals surface area contributed by atoms with E-state index in [0.29, 0.717) is 0 Å². The lowest BCUT2D eigenvalue weighted by Crippen LogP contribution is -2.37. The van der Waals surface area contributed by atoms with Crippen LogP contribution in [-0.2, 0) is 4.79 Å². The smallest absolute Gasteiger partial charge is 0.354 e. The number of carbonyl (C=O) groups excluding carboxylic acids is 1. The number of alkyl halides is 3. The van der Waals surface area contributed by atoms with Crippen molar-refractivity contribution in [3.63, 3.8) is 0 Å². The van der Waals surface area contributed by atoms with Gasteiger partial charge in [0.25, 0.3) is 0 Å². The van der Waals surface area contributed by atoms with Gasteiger partial charge < -0.3 is 5.32 Å². The molecule has 0 unspecified atom stereocenters. The van der Waals surface area contributed by atoms with E-state index in [1.165, 1.54) is 13.8 Å². The number of nitrogens with one attached hydrogen (secondary N) is 1. The van der Waals surface area contributed by atoms with Gasteiger partial charge in [0.2, 0.25) is 5.91 Å². The molecule has 0 radical (unpaired) electrons. The quantitative estimate of drug-likeness (QED) is 0.765. The van der Waals surface area contributed by atoms with Crippen LogP contribution in [0.3, 0.4) is 0 Å². The predicted octanol–water partition coefficient (Wildman–Crippen LogP) is 1.60. The molecule has 0 aliphatic rings. The van der Waals surface area contributed by atoms with E-state index < -0.39 is 30.5 Å². The Labute approximate surface area is 79.9 Å². The maximum atomic E-state index is 11.7. The first-order chi connectivity index (χ1) is 6.19. The van der Waals surface area contributed by atoms with Gasteiger partial charge in [0, 0.05) is 6.54 Å². The summed E-state index contributed by atoms with van der Waals surface area (Å²) in [6, 6.07) is 1.70. The third kappa shape index (κ3) is 4.70. The zero-order valence-electron chi connectivity index (χ0n) is 7.90. The summed E-state index contributed by atoms with van der Waals surface area (Å²) in [4.78, 5) is 11.1. The second kappa shape index (κ2) is 4.31. The van der Waals surface area contributed by atoms with Crippen LogP contribution in [0.25, 0.3) is 0 Å². The maximum absolute atomic E-state index is 11.7. The molecular weight excluding hydrogens is 197 g/mol. The lowest BCUT2D eigenvalue weighted by molar-refractivity contribution is -0.137. The average molecular weight is 208 g/mol. The summed E-state index contributed by atoms with van der Waals surface area (Å²) in [5.41, 5.74) is -1.29. The van der Waals surface area contributed by atoms with Crippen LogP contribution in [0.5, 0.6) is 0 Å². The van der Waals surface area contributed by atoms with Gasteiger partial charge in [0.05, 0.1) is 12.5 Å². The molecule has 0 aliphatic carbocycles. The largest absolute Gasteiger partial charge is 0.390 e. The van der Waals surface area contributed by atoms with E-state index in [2.05, 4.69) is 0 Å². The zero-order chi connectivity index (χ0) is 11.4. The molecule has 3 nitrogen and oxygen atoms in total. The fourth-order valence-electron chi connectivity index (χ4n) is 0.590. The van der Waals surface area contributed by atoms with Crippen LogP contribution in [0.15, 0.2) is 0 Å². The van der Waals surface area contributed by atoms with E-state index in [9.17, 15) is 18.0 Å². The molecule has 0 atom stereocenters. The summed E-state index contributed by atoms with van der Waals surface area (Å²) in [5, 5.41) is 10.5. The molecule has 0 fully saturated rings. The molecular formula is C8H11F3N2O. The van der Waals surface area contributed by atoms with Crippen LogP contribution in [0, 0.1) is 16.7 Å². The second-order valence-corrected chi connectivity index (χ2v) is 3.36. The summed E-state index contributed by atoms with van der Waals surface area (Å²) in [5.74, 6) is -0.691. The highest BCUT2D eigenvalue weighted by atomic mass is 19.4. The third-order valence-corrected chi connectivity index (χ3v) is 1.54. The number of hydrogen-bond acceptors (Lipinski definition) is 2. The number of rotatable bonds is 3. The zero-order valence-corrected chi connectivity index (χ0v) is 7.90. The van der Waals surface area contributed by atoms with Crippen LogP contribution in [0.2, 0.25) is 0 Å². The minimum absolute atomic E-state index is 0.493. The SMILES string of the molecule is CC(C)(C#N)C(=O)NCCC(F)(F)F. The van der Waals surface area contributed by atoms with E-state index in [1.54, 1.807) is 6.07 Å². The lowest BCUT2D eigenvalue weighted by atomic mass is 9.95. The normalized spacial score (nSPS) is 12.0. The Hall–Kier alpha value is -1.25. The van der Waals surface area contributed by atoms with Crippen molar-refractivity contribution in [3.05, 3.63) is 0 Å². The predicted molar refractivity (Wildman–Crippen MR) is 43.1 cm³/mol. The molecule has 0 aliphatic heterocycles. The molecule has 0 bridgehead atoms. The summed E-state index contributed by atoms with van der Waals surface area (Å²) in [6.07, 6.45) is -5.37. The second-order valence-electron chi connectivity index (χ2n) is 3.36. The Morgan fingerprint density at radius 1 is 1.43 bits per heavy atom. The van der Waals surface area contributed by atoms with Crippen LogP contribution < -0.4 is 5.32 Å². The minimum atomic E-state index is -4.29. The number of amides is 1. The van der Waals surface area contributed by atoms with Gasteiger partial charge in [-0.1, -0.05) is 0 Å². The molecule has 6 heteroatoms. The van der Waals surface area contributed by atoms with Gasteiger partial charge in [-0.2, -0.15) is 18.4 Å². The van der Waals surface area contributed by atoms with E-state index >= 15 is 0 Å². The van der Waals surface area contributed by atoms with Gasteiger partial charge in [-0.25, -0.2) is 0 Å². The van der Waals surface area contributed by atoms with Crippen molar-refractivity contribution in [1.29, 1.82) is 5.26 Å². The molecule has 0 saturated heterocycles.